The quantitative estimate of drug-likeness (QED) is 0.184. The van der Waals surface area contributed by atoms with E-state index in [0.29, 0.717) is 0 Å². The van der Waals surface area contributed by atoms with E-state index < -0.39 is 0 Å². The van der Waals surface area contributed by atoms with Crippen molar-refractivity contribution in [3.8, 4) is 39.5 Å². The van der Waals surface area contributed by atoms with Crippen molar-refractivity contribution in [3.05, 3.63) is 180 Å². The Labute approximate surface area is 294 Å². The summed E-state index contributed by atoms with van der Waals surface area (Å²) in [6, 6.07) is 56.3. The molecule has 3 aromatic heterocycles. The second kappa shape index (κ2) is 11.8. The van der Waals surface area contributed by atoms with Gasteiger partial charge in [0.05, 0.1) is 26.9 Å². The van der Waals surface area contributed by atoms with Crippen molar-refractivity contribution in [3.63, 3.8) is 0 Å². The Kier molecular flexibility index (Phi) is 6.81. The second-order valence-electron chi connectivity index (χ2n) is 12.9. The number of hydrogen-bond donors (Lipinski definition) is 0. The van der Waals surface area contributed by atoms with Crippen molar-refractivity contribution in [2.45, 2.75) is 12.3 Å². The molecule has 236 valence electrons. The SMILES string of the molecule is C1=Cc2c(sc3c(-c4ccccc4)nc(-c4ccccc4)nc23)C(c2cccc(-c3cccc4c5ccccc5n(-c5ccccc5)c34)c2)C1. The summed E-state index contributed by atoms with van der Waals surface area (Å²) < 4.78 is 3.57. The van der Waals surface area contributed by atoms with Crippen LogP contribution in [0, 0.1) is 0 Å². The van der Waals surface area contributed by atoms with Gasteiger partial charge in [-0.15, -0.1) is 11.3 Å². The Morgan fingerprint density at radius 2 is 1.28 bits per heavy atom. The van der Waals surface area contributed by atoms with Gasteiger partial charge in [0.15, 0.2) is 5.82 Å². The molecule has 6 aromatic carbocycles. The predicted molar refractivity (Wildman–Crippen MR) is 210 cm³/mol. The molecule has 1 unspecified atom stereocenters. The van der Waals surface area contributed by atoms with E-state index in [1.54, 1.807) is 0 Å². The Balaban J connectivity index is 1.15. The van der Waals surface area contributed by atoms with Crippen LogP contribution in [0.25, 0.3) is 77.6 Å². The average Bonchev–Trinajstić information content (AvgIpc) is 3.75. The van der Waals surface area contributed by atoms with Crippen LogP contribution in [0.3, 0.4) is 0 Å². The molecule has 1 aliphatic rings. The summed E-state index contributed by atoms with van der Waals surface area (Å²) in [5.74, 6) is 0.981. The minimum Gasteiger partial charge on any atom is -0.309 e. The van der Waals surface area contributed by atoms with Crippen LogP contribution in [0.1, 0.15) is 28.3 Å². The molecule has 10 rings (SSSR count). The van der Waals surface area contributed by atoms with Crippen LogP contribution >= 0.6 is 11.3 Å². The first-order valence-corrected chi connectivity index (χ1v) is 17.9. The zero-order chi connectivity index (χ0) is 33.0. The fourth-order valence-corrected chi connectivity index (χ4v) is 9.06. The summed E-state index contributed by atoms with van der Waals surface area (Å²) in [4.78, 5) is 11.8. The molecule has 3 heterocycles. The van der Waals surface area contributed by atoms with Gasteiger partial charge in [0.2, 0.25) is 0 Å². The van der Waals surface area contributed by atoms with Crippen LogP contribution in [0.4, 0.5) is 0 Å². The van der Waals surface area contributed by atoms with Crippen LogP contribution in [-0.2, 0) is 0 Å². The zero-order valence-corrected chi connectivity index (χ0v) is 28.0. The van der Waals surface area contributed by atoms with E-state index in [-0.39, 0.29) is 5.92 Å². The van der Waals surface area contributed by atoms with E-state index >= 15 is 0 Å². The topological polar surface area (TPSA) is 30.7 Å². The van der Waals surface area contributed by atoms with Gasteiger partial charge in [-0.3, -0.25) is 0 Å². The average molecular weight is 658 g/mol. The van der Waals surface area contributed by atoms with E-state index in [2.05, 4.69) is 168 Å². The summed E-state index contributed by atoms with van der Waals surface area (Å²) in [6.07, 6.45) is 5.55. The van der Waals surface area contributed by atoms with Crippen molar-refractivity contribution in [2.24, 2.45) is 0 Å². The molecule has 0 spiro atoms. The van der Waals surface area contributed by atoms with Gasteiger partial charge in [0, 0.05) is 49.5 Å². The minimum atomic E-state index is 0.220. The smallest absolute Gasteiger partial charge is 0.160 e. The monoisotopic (exact) mass is 657 g/mol. The fraction of sp³-hybridized carbons (Fsp3) is 0.0435. The number of aromatic nitrogens is 3. The molecule has 1 aliphatic carbocycles. The summed E-state index contributed by atoms with van der Waals surface area (Å²) in [5, 5.41) is 2.53. The number of hydrogen-bond acceptors (Lipinski definition) is 3. The lowest BCUT2D eigenvalue weighted by atomic mass is 9.86. The third kappa shape index (κ3) is 4.64. The number of thiophene rings is 1. The predicted octanol–water partition coefficient (Wildman–Crippen LogP) is 12.3. The molecule has 0 aliphatic heterocycles. The highest BCUT2D eigenvalue weighted by Gasteiger charge is 2.27. The minimum absolute atomic E-state index is 0.220. The van der Waals surface area contributed by atoms with Crippen LogP contribution in [0.5, 0.6) is 0 Å². The van der Waals surface area contributed by atoms with E-state index in [9.17, 15) is 0 Å². The first-order chi connectivity index (χ1) is 24.8. The summed E-state index contributed by atoms with van der Waals surface area (Å²) in [7, 11) is 0. The first-order valence-electron chi connectivity index (χ1n) is 17.1. The molecule has 50 heavy (non-hydrogen) atoms. The standard InChI is InChI=1S/C46H31N3S/c1-4-15-30(16-5-1)41-45-42(48-46(47-41)31-17-6-2-7-18-31)39-27-14-25-36(44(39)50-45)33-20-12-19-32(29-33)35-24-13-26-38-37-23-10-11-28-40(37)49(43(35)38)34-21-8-3-9-22-34/h1-24,26-29,36H,25H2. The maximum absolute atomic E-state index is 5.24. The third-order valence-corrected chi connectivity index (χ3v) is 11.3. The molecule has 9 aromatic rings. The third-order valence-electron chi connectivity index (χ3n) is 9.96. The highest BCUT2D eigenvalue weighted by atomic mass is 32.1. The van der Waals surface area contributed by atoms with Crippen molar-refractivity contribution < 1.29 is 0 Å². The Morgan fingerprint density at radius 1 is 0.600 bits per heavy atom. The number of nitrogens with zero attached hydrogens (tertiary/aromatic N) is 3. The van der Waals surface area contributed by atoms with Gasteiger partial charge in [0.1, 0.15) is 0 Å². The van der Waals surface area contributed by atoms with Crippen LogP contribution in [0.15, 0.2) is 164 Å². The molecule has 1 atom stereocenters. The normalized spacial score (nSPS) is 14.0. The lowest BCUT2D eigenvalue weighted by Gasteiger charge is -2.20. The fourth-order valence-electron chi connectivity index (χ4n) is 7.68. The molecule has 0 saturated carbocycles. The first kappa shape index (κ1) is 28.9. The Morgan fingerprint density at radius 3 is 2.10 bits per heavy atom. The maximum Gasteiger partial charge on any atom is 0.160 e. The van der Waals surface area contributed by atoms with Gasteiger partial charge in [-0.1, -0.05) is 152 Å². The second-order valence-corrected chi connectivity index (χ2v) is 13.9. The maximum atomic E-state index is 5.24. The summed E-state index contributed by atoms with van der Waals surface area (Å²) in [6.45, 7) is 0. The number of para-hydroxylation sites is 3. The molecule has 0 bridgehead atoms. The van der Waals surface area contributed by atoms with Gasteiger partial charge in [-0.2, -0.15) is 0 Å². The molecular formula is C46H31N3S. The van der Waals surface area contributed by atoms with E-state index in [4.69, 9.17) is 9.97 Å². The lowest BCUT2D eigenvalue weighted by molar-refractivity contribution is 0.840. The molecule has 3 nitrogen and oxygen atoms in total. The molecule has 0 amide bonds. The van der Waals surface area contributed by atoms with Gasteiger partial charge >= 0.3 is 0 Å². The van der Waals surface area contributed by atoms with Crippen LogP contribution in [0.2, 0.25) is 0 Å². The van der Waals surface area contributed by atoms with Crippen LogP contribution in [-0.4, -0.2) is 14.5 Å². The highest BCUT2D eigenvalue weighted by molar-refractivity contribution is 7.20. The molecule has 0 radical (unpaired) electrons. The summed E-state index contributed by atoms with van der Waals surface area (Å²) in [5.41, 5.74) is 12.8. The van der Waals surface area contributed by atoms with E-state index in [1.807, 2.05) is 17.4 Å². The van der Waals surface area contributed by atoms with Crippen molar-refractivity contribution in [2.75, 3.05) is 0 Å². The number of rotatable bonds is 5. The Hall–Kier alpha value is -6.10. The number of fused-ring (bicyclic) bond motifs is 6. The molecule has 0 N–H and O–H groups in total. The van der Waals surface area contributed by atoms with Gasteiger partial charge < -0.3 is 4.57 Å². The van der Waals surface area contributed by atoms with E-state index in [0.717, 1.165) is 39.3 Å². The van der Waals surface area contributed by atoms with Gasteiger partial charge in [-0.05, 0) is 35.7 Å². The molecule has 0 saturated heterocycles. The molecule has 4 heteroatoms. The Bertz CT molecular complexity index is 2720. The molecular weight excluding hydrogens is 627 g/mol. The van der Waals surface area contributed by atoms with Gasteiger partial charge in [0.25, 0.3) is 0 Å². The van der Waals surface area contributed by atoms with Gasteiger partial charge in [-0.25, -0.2) is 9.97 Å². The lowest BCUT2D eigenvalue weighted by Crippen LogP contribution is -2.03. The van der Waals surface area contributed by atoms with Crippen molar-refractivity contribution in [1.82, 2.24) is 14.5 Å². The highest BCUT2D eigenvalue weighted by Crippen LogP contribution is 2.47. The number of benzene rings is 6. The van der Waals surface area contributed by atoms with Crippen molar-refractivity contribution in [1.29, 1.82) is 0 Å². The summed E-state index contributed by atoms with van der Waals surface area (Å²) >= 11 is 1.85. The van der Waals surface area contributed by atoms with E-state index in [1.165, 1.54) is 54.6 Å². The van der Waals surface area contributed by atoms with Crippen LogP contribution < -0.4 is 0 Å². The van der Waals surface area contributed by atoms with Crippen molar-refractivity contribution >= 4 is 49.4 Å². The molecule has 0 fully saturated rings. The zero-order valence-electron chi connectivity index (χ0n) is 27.2. The number of allylic oxidation sites excluding steroid dienone is 1. The largest absolute Gasteiger partial charge is 0.309 e.